The van der Waals surface area contributed by atoms with Gasteiger partial charge in [0.05, 0.1) is 28.5 Å². The van der Waals surface area contributed by atoms with E-state index in [1.54, 1.807) is 18.4 Å². The summed E-state index contributed by atoms with van der Waals surface area (Å²) in [6.07, 6.45) is 1.93. The number of carbonyl (C=O) groups is 1. The molecule has 0 unspecified atom stereocenters. The molecule has 1 atom stereocenters. The van der Waals surface area contributed by atoms with E-state index in [-0.39, 0.29) is 12.2 Å². The van der Waals surface area contributed by atoms with Crippen molar-refractivity contribution in [1.29, 1.82) is 0 Å². The van der Waals surface area contributed by atoms with Crippen molar-refractivity contribution >= 4 is 46.0 Å². The van der Waals surface area contributed by atoms with Crippen LogP contribution in [-0.4, -0.2) is 21.7 Å². The molecule has 1 aliphatic heterocycles. The molecule has 188 valence electrons. The number of thiazole rings is 1. The Kier molecular flexibility index (Phi) is 7.04. The number of fused-ring (bicyclic) bond motifs is 1. The lowest BCUT2D eigenvalue weighted by Gasteiger charge is -2.24. The van der Waals surface area contributed by atoms with Gasteiger partial charge in [-0.1, -0.05) is 41.7 Å². The molecule has 6 nitrogen and oxygen atoms in total. The minimum Gasteiger partial charge on any atom is -0.463 e. The first-order chi connectivity index (χ1) is 17.8. The van der Waals surface area contributed by atoms with Crippen molar-refractivity contribution in [2.24, 2.45) is 4.99 Å². The highest BCUT2D eigenvalue weighted by Gasteiger charge is 2.33. The minimum atomic E-state index is -0.599. The van der Waals surface area contributed by atoms with Crippen LogP contribution in [0, 0.1) is 17.4 Å². The van der Waals surface area contributed by atoms with E-state index in [4.69, 9.17) is 4.74 Å². The molecular formula is C29H26IN3O3S. The molecule has 0 spiro atoms. The molecule has 4 aromatic rings. The van der Waals surface area contributed by atoms with Crippen LogP contribution in [0.3, 0.4) is 0 Å². The van der Waals surface area contributed by atoms with Gasteiger partial charge in [0.15, 0.2) is 4.80 Å². The summed E-state index contributed by atoms with van der Waals surface area (Å²) >= 11 is 3.64. The van der Waals surface area contributed by atoms with Crippen LogP contribution in [0.1, 0.15) is 42.4 Å². The molecular weight excluding hydrogens is 597 g/mol. The number of allylic oxidation sites excluding steroid dienone is 1. The summed E-state index contributed by atoms with van der Waals surface area (Å²) in [4.78, 5) is 32.1. The fraction of sp³-hybridized carbons (Fsp3) is 0.207. The van der Waals surface area contributed by atoms with Crippen LogP contribution in [0.25, 0.3) is 11.8 Å². The van der Waals surface area contributed by atoms with E-state index < -0.39 is 12.0 Å². The van der Waals surface area contributed by atoms with Crippen molar-refractivity contribution in [3.63, 3.8) is 0 Å². The van der Waals surface area contributed by atoms with Gasteiger partial charge in [-0.2, -0.15) is 0 Å². The largest absolute Gasteiger partial charge is 0.463 e. The number of hydrogen-bond acceptors (Lipinski definition) is 5. The Hall–Kier alpha value is -3.24. The van der Waals surface area contributed by atoms with E-state index in [1.165, 1.54) is 14.9 Å². The summed E-state index contributed by atoms with van der Waals surface area (Å²) < 4.78 is 10.9. The third kappa shape index (κ3) is 4.64. The summed E-state index contributed by atoms with van der Waals surface area (Å²) in [7, 11) is 0. The van der Waals surface area contributed by atoms with Crippen molar-refractivity contribution in [1.82, 2.24) is 9.13 Å². The van der Waals surface area contributed by atoms with Gasteiger partial charge < -0.3 is 9.30 Å². The minimum absolute atomic E-state index is 0.175. The van der Waals surface area contributed by atoms with Crippen molar-refractivity contribution in [3.8, 4) is 5.69 Å². The molecule has 0 fully saturated rings. The summed E-state index contributed by atoms with van der Waals surface area (Å²) in [5, 5.41) is 0. The summed E-state index contributed by atoms with van der Waals surface area (Å²) in [5.74, 6) is -0.451. The van der Waals surface area contributed by atoms with Gasteiger partial charge in [-0.15, -0.1) is 0 Å². The molecule has 0 aliphatic carbocycles. The predicted molar refractivity (Wildman–Crippen MR) is 155 cm³/mol. The molecule has 3 heterocycles. The van der Waals surface area contributed by atoms with Crippen molar-refractivity contribution in [2.45, 2.75) is 33.7 Å². The van der Waals surface area contributed by atoms with Crippen LogP contribution in [-0.2, 0) is 9.53 Å². The van der Waals surface area contributed by atoms with Crippen LogP contribution < -0.4 is 14.9 Å². The van der Waals surface area contributed by atoms with Crippen LogP contribution in [0.5, 0.6) is 0 Å². The molecule has 0 bridgehead atoms. The van der Waals surface area contributed by atoms with Crippen LogP contribution in [0.2, 0.25) is 0 Å². The number of nitrogens with zero attached hydrogens (tertiary/aromatic N) is 3. The first kappa shape index (κ1) is 25.4. The zero-order chi connectivity index (χ0) is 26.3. The van der Waals surface area contributed by atoms with Crippen LogP contribution in [0.4, 0.5) is 0 Å². The molecule has 0 N–H and O–H groups in total. The van der Waals surface area contributed by atoms with E-state index in [9.17, 15) is 9.59 Å². The lowest BCUT2D eigenvalue weighted by atomic mass is 9.96. The first-order valence-corrected chi connectivity index (χ1v) is 13.9. The Morgan fingerprint density at radius 3 is 2.49 bits per heavy atom. The Bertz CT molecular complexity index is 1710. The SMILES string of the molecule is CCOC(=O)C1=C(C)N=c2s/c(=C\c3cc(C)n(-c4ccc(I)cc4)c3C)c(=O)n2[C@@H]1c1ccccc1. The molecule has 0 saturated heterocycles. The molecule has 2 aromatic heterocycles. The van der Waals surface area contributed by atoms with Gasteiger partial charge in [0.1, 0.15) is 0 Å². The van der Waals surface area contributed by atoms with Gasteiger partial charge in [-0.25, -0.2) is 9.79 Å². The highest BCUT2D eigenvalue weighted by atomic mass is 127. The second kappa shape index (κ2) is 10.3. The highest BCUT2D eigenvalue weighted by Crippen LogP contribution is 2.30. The molecule has 0 amide bonds. The maximum atomic E-state index is 13.8. The van der Waals surface area contributed by atoms with Gasteiger partial charge in [0.2, 0.25) is 0 Å². The second-order valence-corrected chi connectivity index (χ2v) is 11.1. The molecule has 2 aromatic carbocycles. The molecule has 1 aliphatic rings. The summed E-state index contributed by atoms with van der Waals surface area (Å²) in [6.45, 7) is 7.94. The number of ether oxygens (including phenoxy) is 1. The quantitative estimate of drug-likeness (QED) is 0.237. The monoisotopic (exact) mass is 623 g/mol. The number of halogens is 1. The number of aromatic nitrogens is 2. The summed E-state index contributed by atoms with van der Waals surface area (Å²) in [6, 6.07) is 19.4. The number of benzene rings is 2. The lowest BCUT2D eigenvalue weighted by Crippen LogP contribution is -2.39. The molecule has 5 rings (SSSR count). The number of esters is 1. The fourth-order valence-electron chi connectivity index (χ4n) is 4.80. The molecule has 37 heavy (non-hydrogen) atoms. The van der Waals surface area contributed by atoms with Gasteiger partial charge in [-0.05, 0) is 97.8 Å². The van der Waals surface area contributed by atoms with Crippen molar-refractivity contribution in [2.75, 3.05) is 6.61 Å². The Morgan fingerprint density at radius 2 is 1.81 bits per heavy atom. The van der Waals surface area contributed by atoms with E-state index in [0.29, 0.717) is 20.6 Å². The normalized spacial score (nSPS) is 15.5. The standard InChI is InChI=1S/C29H26IN3O3S/c1-5-36-28(35)25-18(3)31-29-33(26(25)20-9-7-6-8-10-20)27(34)24(37-29)16-21-15-17(2)32(19(21)4)23-13-11-22(30)12-14-23/h6-16,26H,5H2,1-4H3/b24-16-/t26-/m1/s1. The van der Waals surface area contributed by atoms with Gasteiger partial charge in [0.25, 0.3) is 5.56 Å². The topological polar surface area (TPSA) is 65.6 Å². The number of aryl methyl sites for hydroxylation is 1. The average molecular weight is 624 g/mol. The van der Waals surface area contributed by atoms with E-state index >= 15 is 0 Å². The predicted octanol–water partition coefficient (Wildman–Crippen LogP) is 4.81. The molecule has 0 radical (unpaired) electrons. The Morgan fingerprint density at radius 1 is 1.11 bits per heavy atom. The van der Waals surface area contributed by atoms with E-state index in [0.717, 1.165) is 28.2 Å². The maximum absolute atomic E-state index is 13.8. The van der Waals surface area contributed by atoms with Crippen molar-refractivity contribution in [3.05, 3.63) is 118 Å². The molecule has 8 heteroatoms. The zero-order valence-corrected chi connectivity index (χ0v) is 24.0. The third-order valence-corrected chi connectivity index (χ3v) is 8.18. The Balaban J connectivity index is 1.68. The third-order valence-electron chi connectivity index (χ3n) is 6.47. The van der Waals surface area contributed by atoms with Crippen molar-refractivity contribution < 1.29 is 9.53 Å². The van der Waals surface area contributed by atoms with Gasteiger partial charge in [0, 0.05) is 20.6 Å². The smallest absolute Gasteiger partial charge is 0.338 e. The Labute approximate surface area is 232 Å². The lowest BCUT2D eigenvalue weighted by molar-refractivity contribution is -0.139. The maximum Gasteiger partial charge on any atom is 0.338 e. The molecule has 0 saturated carbocycles. The number of rotatable bonds is 5. The van der Waals surface area contributed by atoms with E-state index in [2.05, 4.69) is 76.3 Å². The number of hydrogen-bond donors (Lipinski definition) is 0. The van der Waals surface area contributed by atoms with Gasteiger partial charge in [-0.3, -0.25) is 9.36 Å². The van der Waals surface area contributed by atoms with Crippen LogP contribution >= 0.6 is 33.9 Å². The first-order valence-electron chi connectivity index (χ1n) is 12.0. The number of carbonyl (C=O) groups excluding carboxylic acids is 1. The van der Waals surface area contributed by atoms with Gasteiger partial charge >= 0.3 is 5.97 Å². The van der Waals surface area contributed by atoms with Crippen LogP contribution in [0.15, 0.2) is 81.7 Å². The van der Waals surface area contributed by atoms with E-state index in [1.807, 2.05) is 36.4 Å². The zero-order valence-electron chi connectivity index (χ0n) is 21.0. The second-order valence-electron chi connectivity index (χ2n) is 8.85. The highest BCUT2D eigenvalue weighted by molar-refractivity contribution is 14.1. The summed E-state index contributed by atoms with van der Waals surface area (Å²) in [5.41, 5.74) is 5.80. The fourth-order valence-corrected chi connectivity index (χ4v) is 6.20. The average Bonchev–Trinajstić information content (AvgIpc) is 3.33.